The molecule has 0 saturated carbocycles. The van der Waals surface area contributed by atoms with Crippen molar-refractivity contribution in [1.29, 1.82) is 0 Å². The normalized spacial score (nSPS) is 14.5. The predicted octanol–water partition coefficient (Wildman–Crippen LogP) is 3.27. The van der Waals surface area contributed by atoms with E-state index >= 15 is 0 Å². The highest BCUT2D eigenvalue weighted by molar-refractivity contribution is 9.10. The Bertz CT molecular complexity index is 1030. The number of hydrogen-bond donors (Lipinski definition) is 2. The lowest BCUT2D eigenvalue weighted by Crippen LogP contribution is -2.21. The fourth-order valence-corrected chi connectivity index (χ4v) is 3.10. The van der Waals surface area contributed by atoms with Crippen molar-refractivity contribution >= 4 is 44.2 Å². The van der Waals surface area contributed by atoms with E-state index in [1.165, 1.54) is 0 Å². The molecule has 0 atom stereocenters. The van der Waals surface area contributed by atoms with Crippen LogP contribution in [0.25, 0.3) is 22.1 Å². The predicted molar refractivity (Wildman–Crippen MR) is 97.4 cm³/mol. The van der Waals surface area contributed by atoms with Crippen LogP contribution in [-0.4, -0.2) is 22.7 Å². The lowest BCUT2D eigenvalue weighted by molar-refractivity contribution is 0.653. The van der Waals surface area contributed by atoms with Crippen LogP contribution in [0.15, 0.2) is 48.6 Å². The third-order valence-corrected chi connectivity index (χ3v) is 4.36. The minimum atomic E-state index is -0.265. The van der Waals surface area contributed by atoms with Crippen LogP contribution >= 0.6 is 15.9 Å². The van der Waals surface area contributed by atoms with E-state index in [4.69, 9.17) is 4.42 Å². The highest BCUT2D eigenvalue weighted by Gasteiger charge is 2.13. The van der Waals surface area contributed by atoms with Gasteiger partial charge in [-0.05, 0) is 31.0 Å². The fraction of sp³-hybridized carbons (Fsp3) is 0.235. The zero-order valence-corrected chi connectivity index (χ0v) is 14.4. The molecule has 0 fully saturated rings. The number of benzene rings is 1. The molecule has 2 aromatic heterocycles. The summed E-state index contributed by atoms with van der Waals surface area (Å²) in [5.74, 6) is 0.579. The molecule has 0 bridgehead atoms. The van der Waals surface area contributed by atoms with E-state index in [1.807, 2.05) is 24.4 Å². The van der Waals surface area contributed by atoms with E-state index in [0.717, 1.165) is 28.4 Å². The first-order chi connectivity index (χ1) is 11.7. The smallest absolute Gasteiger partial charge is 0.294 e. The van der Waals surface area contributed by atoms with E-state index in [2.05, 4.69) is 42.3 Å². The average Bonchev–Trinajstić information content (AvgIpc) is 2.95. The SMILES string of the molecule is O=c1[nH]c(CNCC2=CCCC=N2)nc2c1oc1ccc(Br)cc12. The Morgan fingerprint density at radius 2 is 2.21 bits per heavy atom. The van der Waals surface area contributed by atoms with Crippen molar-refractivity contribution in [1.82, 2.24) is 15.3 Å². The Hall–Kier alpha value is -2.25. The number of halogens is 1. The summed E-state index contributed by atoms with van der Waals surface area (Å²) in [5, 5.41) is 4.09. The van der Waals surface area contributed by atoms with Crippen molar-refractivity contribution in [3.8, 4) is 0 Å². The molecule has 3 aromatic rings. The summed E-state index contributed by atoms with van der Waals surface area (Å²) in [7, 11) is 0. The van der Waals surface area contributed by atoms with Gasteiger partial charge in [-0.15, -0.1) is 0 Å². The van der Waals surface area contributed by atoms with Crippen molar-refractivity contribution < 1.29 is 4.42 Å². The largest absolute Gasteiger partial charge is 0.449 e. The van der Waals surface area contributed by atoms with Gasteiger partial charge in [0.1, 0.15) is 16.9 Å². The van der Waals surface area contributed by atoms with E-state index < -0.39 is 0 Å². The molecule has 6 nitrogen and oxygen atoms in total. The van der Waals surface area contributed by atoms with Gasteiger partial charge in [0.05, 0.1) is 6.54 Å². The monoisotopic (exact) mass is 386 g/mol. The van der Waals surface area contributed by atoms with Crippen LogP contribution in [0.2, 0.25) is 0 Å². The van der Waals surface area contributed by atoms with Gasteiger partial charge in [-0.25, -0.2) is 4.98 Å². The molecule has 0 radical (unpaired) electrons. The molecule has 122 valence electrons. The number of nitrogens with one attached hydrogen (secondary N) is 2. The van der Waals surface area contributed by atoms with Crippen molar-refractivity contribution in [3.05, 3.63) is 50.6 Å². The number of furan rings is 1. The van der Waals surface area contributed by atoms with Crippen LogP contribution in [0, 0.1) is 0 Å². The number of H-pyrrole nitrogens is 1. The Labute approximate surface area is 145 Å². The summed E-state index contributed by atoms with van der Waals surface area (Å²) in [5.41, 5.74) is 2.24. The summed E-state index contributed by atoms with van der Waals surface area (Å²) < 4.78 is 6.54. The Kier molecular flexibility index (Phi) is 4.03. The molecule has 0 unspecified atom stereocenters. The minimum Gasteiger partial charge on any atom is -0.449 e. The van der Waals surface area contributed by atoms with Gasteiger partial charge in [0.25, 0.3) is 5.56 Å². The maximum absolute atomic E-state index is 12.3. The quantitative estimate of drug-likeness (QED) is 0.720. The van der Waals surface area contributed by atoms with E-state index in [-0.39, 0.29) is 11.1 Å². The van der Waals surface area contributed by atoms with Crippen LogP contribution in [0.4, 0.5) is 0 Å². The molecule has 0 aliphatic carbocycles. The molecular weight excluding hydrogens is 372 g/mol. The molecule has 2 N–H and O–H groups in total. The summed E-state index contributed by atoms with van der Waals surface area (Å²) in [4.78, 5) is 23.9. The molecule has 3 heterocycles. The van der Waals surface area contributed by atoms with Gasteiger partial charge in [0.2, 0.25) is 5.58 Å². The number of aliphatic imine (C=N–C) groups is 1. The van der Waals surface area contributed by atoms with E-state index in [1.54, 1.807) is 0 Å². The van der Waals surface area contributed by atoms with Gasteiger partial charge in [0.15, 0.2) is 0 Å². The second-order valence-electron chi connectivity index (χ2n) is 5.62. The van der Waals surface area contributed by atoms with E-state index in [9.17, 15) is 4.79 Å². The summed E-state index contributed by atoms with van der Waals surface area (Å²) in [6.07, 6.45) is 6.07. The second-order valence-corrected chi connectivity index (χ2v) is 6.54. The molecule has 0 amide bonds. The van der Waals surface area contributed by atoms with Crippen molar-refractivity contribution in [2.24, 2.45) is 4.99 Å². The lowest BCUT2D eigenvalue weighted by Gasteiger charge is -2.07. The van der Waals surface area contributed by atoms with Gasteiger partial charge in [-0.3, -0.25) is 9.79 Å². The number of hydrogen-bond acceptors (Lipinski definition) is 5. The Morgan fingerprint density at radius 3 is 3.04 bits per heavy atom. The Balaban J connectivity index is 1.62. The van der Waals surface area contributed by atoms with Crippen LogP contribution in [0.3, 0.4) is 0 Å². The molecule has 1 aromatic carbocycles. The molecule has 1 aliphatic rings. The van der Waals surface area contributed by atoms with Gasteiger partial charge >= 0.3 is 0 Å². The number of fused-ring (bicyclic) bond motifs is 3. The van der Waals surface area contributed by atoms with Crippen molar-refractivity contribution in [2.45, 2.75) is 19.4 Å². The van der Waals surface area contributed by atoms with Gasteiger partial charge in [0, 0.05) is 28.3 Å². The van der Waals surface area contributed by atoms with Crippen LogP contribution in [0.1, 0.15) is 18.7 Å². The highest BCUT2D eigenvalue weighted by atomic mass is 79.9. The zero-order valence-electron chi connectivity index (χ0n) is 12.8. The van der Waals surface area contributed by atoms with Gasteiger partial charge < -0.3 is 14.7 Å². The lowest BCUT2D eigenvalue weighted by atomic mass is 10.2. The van der Waals surface area contributed by atoms with Crippen LogP contribution in [0.5, 0.6) is 0 Å². The summed E-state index contributed by atoms with van der Waals surface area (Å²) in [6.45, 7) is 1.11. The number of nitrogens with zero attached hydrogens (tertiary/aromatic N) is 2. The topological polar surface area (TPSA) is 83.3 Å². The maximum atomic E-state index is 12.3. The van der Waals surface area contributed by atoms with E-state index in [0.29, 0.717) is 30.0 Å². The average molecular weight is 387 g/mol. The molecule has 0 spiro atoms. The summed E-state index contributed by atoms with van der Waals surface area (Å²) >= 11 is 3.44. The van der Waals surface area contributed by atoms with Crippen LogP contribution < -0.4 is 10.9 Å². The fourth-order valence-electron chi connectivity index (χ4n) is 2.74. The minimum absolute atomic E-state index is 0.256. The molecule has 24 heavy (non-hydrogen) atoms. The molecule has 7 heteroatoms. The first-order valence-corrected chi connectivity index (χ1v) is 8.53. The first kappa shape index (κ1) is 15.3. The number of rotatable bonds is 4. The summed E-state index contributed by atoms with van der Waals surface area (Å²) in [6, 6.07) is 5.61. The van der Waals surface area contributed by atoms with Gasteiger partial charge in [-0.1, -0.05) is 22.0 Å². The Morgan fingerprint density at radius 1 is 1.29 bits per heavy atom. The molecule has 4 rings (SSSR count). The standard InChI is InChI=1S/C17H15BrN4O2/c18-10-4-5-13-12(7-10)15-16(24-13)17(23)22-14(21-15)9-19-8-11-3-1-2-6-20-11/h3-7,19H,1-2,8-9H2,(H,21,22,23). The molecule has 0 saturated heterocycles. The number of aromatic nitrogens is 2. The van der Waals surface area contributed by atoms with Gasteiger partial charge in [-0.2, -0.15) is 0 Å². The number of aromatic amines is 1. The molecule has 1 aliphatic heterocycles. The second kappa shape index (κ2) is 6.33. The first-order valence-electron chi connectivity index (χ1n) is 7.74. The third kappa shape index (κ3) is 2.92. The van der Waals surface area contributed by atoms with Crippen molar-refractivity contribution in [3.63, 3.8) is 0 Å². The van der Waals surface area contributed by atoms with Crippen LogP contribution in [-0.2, 0) is 6.54 Å². The molecular formula is C17H15BrN4O2. The maximum Gasteiger partial charge on any atom is 0.294 e. The third-order valence-electron chi connectivity index (χ3n) is 3.87. The van der Waals surface area contributed by atoms with Crippen molar-refractivity contribution in [2.75, 3.05) is 6.54 Å². The highest BCUT2D eigenvalue weighted by Crippen LogP contribution is 2.27. The number of allylic oxidation sites excluding steroid dienone is 1. The zero-order chi connectivity index (χ0) is 16.5.